The van der Waals surface area contributed by atoms with Gasteiger partial charge in [-0.05, 0) is 46.3 Å². The first-order valence-electron chi connectivity index (χ1n) is 7.27. The standard InChI is InChI=1S/C17H14BrN3O3/c1-23-12-4-5-15(18)14(7-12)17(22)21-9-13(10-21)24-16-11(8-19)3-2-6-20-16/h2-7,13H,9-10H2,1H3. The number of benzene rings is 1. The van der Waals surface area contributed by atoms with Crippen LogP contribution in [-0.2, 0) is 0 Å². The number of hydrogen-bond acceptors (Lipinski definition) is 5. The van der Waals surface area contributed by atoms with Crippen molar-refractivity contribution < 1.29 is 14.3 Å². The van der Waals surface area contributed by atoms with E-state index in [4.69, 9.17) is 14.7 Å². The van der Waals surface area contributed by atoms with Crippen LogP contribution in [0.2, 0.25) is 0 Å². The molecular formula is C17H14BrN3O3. The van der Waals surface area contributed by atoms with E-state index in [1.54, 1.807) is 48.5 Å². The topological polar surface area (TPSA) is 75.4 Å². The monoisotopic (exact) mass is 387 g/mol. The van der Waals surface area contributed by atoms with E-state index < -0.39 is 0 Å². The summed E-state index contributed by atoms with van der Waals surface area (Å²) >= 11 is 3.39. The molecule has 1 aromatic heterocycles. The lowest BCUT2D eigenvalue weighted by molar-refractivity contribution is 0.0158. The number of methoxy groups -OCH3 is 1. The second-order valence-corrected chi connectivity index (χ2v) is 6.12. The van der Waals surface area contributed by atoms with Gasteiger partial charge in [-0.1, -0.05) is 0 Å². The molecule has 0 atom stereocenters. The van der Waals surface area contributed by atoms with E-state index in [1.807, 2.05) is 6.07 Å². The minimum Gasteiger partial charge on any atom is -0.497 e. The lowest BCUT2D eigenvalue weighted by Gasteiger charge is -2.38. The van der Waals surface area contributed by atoms with Crippen molar-refractivity contribution in [2.75, 3.05) is 20.2 Å². The predicted octanol–water partition coefficient (Wildman–Crippen LogP) is 2.63. The number of carbonyl (C=O) groups excluding carboxylic acids is 1. The van der Waals surface area contributed by atoms with Crippen LogP contribution in [0.4, 0.5) is 0 Å². The summed E-state index contributed by atoms with van der Waals surface area (Å²) in [6.45, 7) is 0.897. The molecular weight excluding hydrogens is 374 g/mol. The summed E-state index contributed by atoms with van der Waals surface area (Å²) in [6.07, 6.45) is 1.41. The summed E-state index contributed by atoms with van der Waals surface area (Å²) in [5.41, 5.74) is 0.932. The molecule has 3 rings (SSSR count). The third kappa shape index (κ3) is 3.19. The lowest BCUT2D eigenvalue weighted by atomic mass is 10.1. The third-order valence-corrected chi connectivity index (χ3v) is 4.40. The van der Waals surface area contributed by atoms with Gasteiger partial charge in [0.1, 0.15) is 23.5 Å². The molecule has 0 aliphatic carbocycles. The zero-order valence-electron chi connectivity index (χ0n) is 12.9. The fraction of sp³-hybridized carbons (Fsp3) is 0.235. The van der Waals surface area contributed by atoms with E-state index in [9.17, 15) is 4.79 Å². The van der Waals surface area contributed by atoms with Gasteiger partial charge < -0.3 is 14.4 Å². The molecule has 1 aliphatic rings. The number of nitriles is 1. The number of rotatable bonds is 4. The summed E-state index contributed by atoms with van der Waals surface area (Å²) in [6, 6.07) is 10.6. The molecule has 2 heterocycles. The van der Waals surface area contributed by atoms with Gasteiger partial charge in [-0.25, -0.2) is 4.98 Å². The van der Waals surface area contributed by atoms with Gasteiger partial charge in [-0.2, -0.15) is 5.26 Å². The van der Waals surface area contributed by atoms with Crippen molar-refractivity contribution in [1.82, 2.24) is 9.88 Å². The van der Waals surface area contributed by atoms with Crippen LogP contribution in [0, 0.1) is 11.3 Å². The van der Waals surface area contributed by atoms with E-state index in [0.717, 1.165) is 0 Å². The molecule has 1 aliphatic heterocycles. The van der Waals surface area contributed by atoms with Gasteiger partial charge >= 0.3 is 0 Å². The highest BCUT2D eigenvalue weighted by Crippen LogP contribution is 2.26. The van der Waals surface area contributed by atoms with E-state index >= 15 is 0 Å². The van der Waals surface area contributed by atoms with Crippen molar-refractivity contribution in [3.8, 4) is 17.7 Å². The number of hydrogen-bond donors (Lipinski definition) is 0. The highest BCUT2D eigenvalue weighted by atomic mass is 79.9. The average molecular weight is 388 g/mol. The van der Waals surface area contributed by atoms with Crippen molar-refractivity contribution in [3.63, 3.8) is 0 Å². The molecule has 0 unspecified atom stereocenters. The molecule has 6 nitrogen and oxygen atoms in total. The number of amides is 1. The highest BCUT2D eigenvalue weighted by Gasteiger charge is 2.34. The minimum absolute atomic E-state index is 0.0952. The fourth-order valence-corrected chi connectivity index (χ4v) is 2.79. The number of aromatic nitrogens is 1. The Labute approximate surface area is 147 Å². The Morgan fingerprint density at radius 3 is 2.92 bits per heavy atom. The number of likely N-dealkylation sites (tertiary alicyclic amines) is 1. The average Bonchev–Trinajstić information content (AvgIpc) is 2.58. The highest BCUT2D eigenvalue weighted by molar-refractivity contribution is 9.10. The molecule has 0 spiro atoms. The van der Waals surface area contributed by atoms with Crippen LogP contribution in [0.15, 0.2) is 41.0 Å². The summed E-state index contributed by atoms with van der Waals surface area (Å²) < 4.78 is 11.6. The first-order chi connectivity index (χ1) is 11.6. The smallest absolute Gasteiger partial charge is 0.255 e. The zero-order valence-corrected chi connectivity index (χ0v) is 14.5. The van der Waals surface area contributed by atoms with Crippen molar-refractivity contribution >= 4 is 21.8 Å². The van der Waals surface area contributed by atoms with Crippen molar-refractivity contribution in [2.24, 2.45) is 0 Å². The van der Waals surface area contributed by atoms with E-state index in [2.05, 4.69) is 20.9 Å². The number of halogens is 1. The molecule has 24 heavy (non-hydrogen) atoms. The maximum absolute atomic E-state index is 12.6. The summed E-state index contributed by atoms with van der Waals surface area (Å²) in [4.78, 5) is 18.3. The van der Waals surface area contributed by atoms with Crippen LogP contribution in [0.3, 0.4) is 0 Å². The van der Waals surface area contributed by atoms with Gasteiger partial charge in [-0.15, -0.1) is 0 Å². The molecule has 1 amide bonds. The number of nitrogens with zero attached hydrogens (tertiary/aromatic N) is 3. The number of ether oxygens (including phenoxy) is 2. The normalized spacial score (nSPS) is 13.8. The van der Waals surface area contributed by atoms with Gasteiger partial charge in [0.25, 0.3) is 5.91 Å². The van der Waals surface area contributed by atoms with E-state index in [1.165, 1.54) is 0 Å². The van der Waals surface area contributed by atoms with Gasteiger partial charge in [0.05, 0.1) is 25.8 Å². The molecule has 1 saturated heterocycles. The molecule has 0 radical (unpaired) electrons. The molecule has 7 heteroatoms. The van der Waals surface area contributed by atoms with E-state index in [0.29, 0.717) is 40.3 Å². The van der Waals surface area contributed by atoms with Gasteiger partial charge in [0.2, 0.25) is 5.88 Å². The molecule has 2 aromatic rings. The predicted molar refractivity (Wildman–Crippen MR) is 90.0 cm³/mol. The first kappa shape index (κ1) is 16.3. The van der Waals surface area contributed by atoms with Crippen LogP contribution >= 0.6 is 15.9 Å². The SMILES string of the molecule is COc1ccc(Br)c(C(=O)N2CC(Oc3ncccc3C#N)C2)c1. The Kier molecular flexibility index (Phi) is 4.67. The Hall–Kier alpha value is -2.59. The Balaban J connectivity index is 1.64. The molecule has 0 bridgehead atoms. The molecule has 0 N–H and O–H groups in total. The van der Waals surface area contributed by atoms with Crippen LogP contribution in [0.25, 0.3) is 0 Å². The van der Waals surface area contributed by atoms with Crippen molar-refractivity contribution in [1.29, 1.82) is 5.26 Å². The van der Waals surface area contributed by atoms with Crippen LogP contribution in [0.1, 0.15) is 15.9 Å². The summed E-state index contributed by atoms with van der Waals surface area (Å²) in [5.74, 6) is 0.837. The molecule has 0 saturated carbocycles. The van der Waals surface area contributed by atoms with E-state index in [-0.39, 0.29) is 12.0 Å². The second-order valence-electron chi connectivity index (χ2n) is 5.26. The Morgan fingerprint density at radius 1 is 1.42 bits per heavy atom. The van der Waals surface area contributed by atoms with Crippen LogP contribution < -0.4 is 9.47 Å². The molecule has 1 fully saturated rings. The Bertz CT molecular complexity index is 813. The summed E-state index contributed by atoms with van der Waals surface area (Å²) in [5, 5.41) is 9.04. The van der Waals surface area contributed by atoms with Crippen molar-refractivity contribution in [2.45, 2.75) is 6.10 Å². The maximum Gasteiger partial charge on any atom is 0.255 e. The van der Waals surface area contributed by atoms with Crippen LogP contribution in [-0.4, -0.2) is 42.1 Å². The molecule has 122 valence electrons. The van der Waals surface area contributed by atoms with Crippen molar-refractivity contribution in [3.05, 3.63) is 52.1 Å². The number of carbonyl (C=O) groups is 1. The van der Waals surface area contributed by atoms with Gasteiger partial charge in [-0.3, -0.25) is 4.79 Å². The zero-order chi connectivity index (χ0) is 17.1. The van der Waals surface area contributed by atoms with Gasteiger partial charge in [0.15, 0.2) is 0 Å². The second kappa shape index (κ2) is 6.89. The lowest BCUT2D eigenvalue weighted by Crippen LogP contribution is -2.56. The fourth-order valence-electron chi connectivity index (χ4n) is 2.37. The molecule has 1 aromatic carbocycles. The first-order valence-corrected chi connectivity index (χ1v) is 8.06. The maximum atomic E-state index is 12.6. The third-order valence-electron chi connectivity index (χ3n) is 3.71. The van der Waals surface area contributed by atoms with Gasteiger partial charge in [0, 0.05) is 10.7 Å². The minimum atomic E-state index is -0.166. The largest absolute Gasteiger partial charge is 0.497 e. The number of pyridine rings is 1. The Morgan fingerprint density at radius 2 is 2.21 bits per heavy atom. The van der Waals surface area contributed by atoms with Crippen LogP contribution in [0.5, 0.6) is 11.6 Å². The summed E-state index contributed by atoms with van der Waals surface area (Å²) in [7, 11) is 1.56. The quantitative estimate of drug-likeness (QED) is 0.805.